The van der Waals surface area contributed by atoms with Gasteiger partial charge >= 0.3 is 0 Å². The third-order valence-electron chi connectivity index (χ3n) is 4.89. The fourth-order valence-electron chi connectivity index (χ4n) is 3.40. The summed E-state index contributed by atoms with van der Waals surface area (Å²) in [5.41, 5.74) is 1.98. The van der Waals surface area contributed by atoms with E-state index in [9.17, 15) is 4.79 Å². The van der Waals surface area contributed by atoms with Crippen LogP contribution in [0.25, 0.3) is 6.08 Å². The molecule has 1 aromatic carbocycles. The Morgan fingerprint density at radius 3 is 2.61 bits per heavy atom. The average molecular weight is 381 g/mol. The molecule has 1 fully saturated rings. The maximum absolute atomic E-state index is 12.6. The Kier molecular flexibility index (Phi) is 5.32. The van der Waals surface area contributed by atoms with Crippen molar-refractivity contribution in [2.75, 3.05) is 51.4 Å². The number of hydrogen-bond acceptors (Lipinski definition) is 6. The van der Waals surface area contributed by atoms with E-state index in [4.69, 9.17) is 14.2 Å². The van der Waals surface area contributed by atoms with E-state index < -0.39 is 0 Å². The van der Waals surface area contributed by atoms with Crippen molar-refractivity contribution < 1.29 is 19.0 Å². The lowest BCUT2D eigenvalue weighted by Crippen LogP contribution is -2.48. The molecule has 0 N–H and O–H groups in total. The Hall–Kier alpha value is -3.22. The second kappa shape index (κ2) is 8.21. The van der Waals surface area contributed by atoms with Crippen LogP contribution in [0.1, 0.15) is 5.56 Å². The second-order valence-electron chi connectivity index (χ2n) is 6.60. The van der Waals surface area contributed by atoms with Crippen LogP contribution >= 0.6 is 0 Å². The van der Waals surface area contributed by atoms with Crippen molar-refractivity contribution >= 4 is 17.7 Å². The number of anilines is 1. The lowest BCUT2D eigenvalue weighted by Gasteiger charge is -2.35. The van der Waals surface area contributed by atoms with Crippen LogP contribution in [0.2, 0.25) is 0 Å². The molecule has 2 aliphatic rings. The number of methoxy groups -OCH3 is 1. The molecule has 146 valence electrons. The van der Waals surface area contributed by atoms with E-state index in [0.717, 1.165) is 24.3 Å². The predicted molar refractivity (Wildman–Crippen MR) is 106 cm³/mol. The van der Waals surface area contributed by atoms with Gasteiger partial charge in [-0.1, -0.05) is 0 Å². The molecular weight excluding hydrogens is 358 g/mol. The molecule has 1 saturated heterocycles. The van der Waals surface area contributed by atoms with Crippen LogP contribution < -0.4 is 19.1 Å². The monoisotopic (exact) mass is 381 g/mol. The summed E-state index contributed by atoms with van der Waals surface area (Å²) in [5.74, 6) is 1.87. The number of aromatic nitrogens is 1. The summed E-state index contributed by atoms with van der Waals surface area (Å²) >= 11 is 0. The number of hydrogen-bond donors (Lipinski definition) is 0. The van der Waals surface area contributed by atoms with Gasteiger partial charge in [0.05, 0.1) is 7.11 Å². The molecule has 7 nitrogen and oxygen atoms in total. The Morgan fingerprint density at radius 1 is 1.11 bits per heavy atom. The van der Waals surface area contributed by atoms with Crippen molar-refractivity contribution in [2.24, 2.45) is 0 Å². The predicted octanol–water partition coefficient (Wildman–Crippen LogP) is 2.22. The van der Waals surface area contributed by atoms with Crippen molar-refractivity contribution in [2.45, 2.75) is 0 Å². The Balaban J connectivity index is 1.39. The van der Waals surface area contributed by atoms with E-state index in [2.05, 4.69) is 9.88 Å². The molecule has 7 heteroatoms. The molecule has 0 radical (unpaired) electrons. The number of carbonyl (C=O) groups excluding carboxylic acids is 1. The third kappa shape index (κ3) is 3.88. The highest BCUT2D eigenvalue weighted by Gasteiger charge is 2.20. The first-order valence-corrected chi connectivity index (χ1v) is 9.34. The summed E-state index contributed by atoms with van der Waals surface area (Å²) in [7, 11) is 1.59. The summed E-state index contributed by atoms with van der Waals surface area (Å²) in [5, 5.41) is 0. The van der Waals surface area contributed by atoms with Crippen molar-refractivity contribution in [3.05, 3.63) is 48.3 Å². The van der Waals surface area contributed by atoms with Gasteiger partial charge in [-0.05, 0) is 35.9 Å². The van der Waals surface area contributed by atoms with E-state index in [1.807, 2.05) is 29.2 Å². The molecular formula is C21H23N3O4. The van der Waals surface area contributed by atoms with E-state index >= 15 is 0 Å². The smallest absolute Gasteiger partial charge is 0.246 e. The topological polar surface area (TPSA) is 64.1 Å². The molecule has 0 atom stereocenters. The van der Waals surface area contributed by atoms with Crippen molar-refractivity contribution in [3.8, 4) is 17.2 Å². The molecule has 0 unspecified atom stereocenters. The van der Waals surface area contributed by atoms with Gasteiger partial charge in [0.1, 0.15) is 13.2 Å². The number of rotatable bonds is 4. The highest BCUT2D eigenvalue weighted by molar-refractivity contribution is 5.92. The Labute approximate surface area is 164 Å². The minimum Gasteiger partial charge on any atom is -0.493 e. The van der Waals surface area contributed by atoms with Crippen LogP contribution in [0.3, 0.4) is 0 Å². The SMILES string of the molecule is COc1cc(/C=C/C(=O)N2CCN(c3ccncc3)CC2)cc2c1OCCO2. The standard InChI is InChI=1S/C21H23N3O4/c1-26-18-14-16(15-19-21(18)28-13-12-27-19)2-3-20(25)24-10-8-23(9-11-24)17-4-6-22-7-5-17/h2-7,14-15H,8-13H2,1H3/b3-2+. The van der Waals surface area contributed by atoms with Crippen LogP contribution in [0.4, 0.5) is 5.69 Å². The van der Waals surface area contributed by atoms with Gasteiger partial charge in [-0.15, -0.1) is 0 Å². The lowest BCUT2D eigenvalue weighted by molar-refractivity contribution is -0.126. The molecule has 3 heterocycles. The number of piperazine rings is 1. The largest absolute Gasteiger partial charge is 0.493 e. The Bertz CT molecular complexity index is 844. The maximum Gasteiger partial charge on any atom is 0.246 e. The number of pyridine rings is 1. The van der Waals surface area contributed by atoms with Crippen molar-refractivity contribution in [1.82, 2.24) is 9.88 Å². The summed E-state index contributed by atoms with van der Waals surface area (Å²) in [6.07, 6.45) is 6.97. The average Bonchev–Trinajstić information content (AvgIpc) is 2.77. The summed E-state index contributed by atoms with van der Waals surface area (Å²) < 4.78 is 16.6. The number of amides is 1. The maximum atomic E-state index is 12.6. The molecule has 0 aliphatic carbocycles. The minimum absolute atomic E-state index is 0.00299. The van der Waals surface area contributed by atoms with Crippen LogP contribution in [0, 0.1) is 0 Å². The van der Waals surface area contributed by atoms with E-state index in [0.29, 0.717) is 43.6 Å². The number of ether oxygens (including phenoxy) is 3. The van der Waals surface area contributed by atoms with Gasteiger partial charge in [-0.2, -0.15) is 0 Å². The summed E-state index contributed by atoms with van der Waals surface area (Å²) in [4.78, 5) is 20.8. The molecule has 4 rings (SSSR count). The summed E-state index contributed by atoms with van der Waals surface area (Å²) in [6.45, 7) is 4.00. The lowest BCUT2D eigenvalue weighted by atomic mass is 10.1. The zero-order chi connectivity index (χ0) is 19.3. The summed E-state index contributed by atoms with van der Waals surface area (Å²) in [6, 6.07) is 7.69. The first kappa shape index (κ1) is 18.2. The first-order valence-electron chi connectivity index (χ1n) is 9.34. The quantitative estimate of drug-likeness (QED) is 0.757. The van der Waals surface area contributed by atoms with E-state index in [1.54, 1.807) is 31.7 Å². The van der Waals surface area contributed by atoms with Gasteiger partial charge in [-0.3, -0.25) is 9.78 Å². The molecule has 28 heavy (non-hydrogen) atoms. The van der Waals surface area contributed by atoms with Gasteiger partial charge < -0.3 is 24.0 Å². The van der Waals surface area contributed by atoms with E-state index in [-0.39, 0.29) is 5.91 Å². The van der Waals surface area contributed by atoms with Crippen LogP contribution in [0.5, 0.6) is 17.2 Å². The zero-order valence-electron chi connectivity index (χ0n) is 15.8. The number of carbonyl (C=O) groups is 1. The molecule has 1 aromatic heterocycles. The highest BCUT2D eigenvalue weighted by Crippen LogP contribution is 2.40. The molecule has 0 bridgehead atoms. The highest BCUT2D eigenvalue weighted by atomic mass is 16.6. The van der Waals surface area contributed by atoms with Crippen LogP contribution in [-0.4, -0.2) is 62.3 Å². The molecule has 0 saturated carbocycles. The van der Waals surface area contributed by atoms with Gasteiger partial charge in [0.25, 0.3) is 0 Å². The third-order valence-corrected chi connectivity index (χ3v) is 4.89. The molecule has 0 spiro atoms. The molecule has 2 aromatic rings. The molecule has 1 amide bonds. The Morgan fingerprint density at radius 2 is 1.86 bits per heavy atom. The molecule has 2 aliphatic heterocycles. The number of fused-ring (bicyclic) bond motifs is 1. The number of nitrogens with zero attached hydrogens (tertiary/aromatic N) is 3. The fourth-order valence-corrected chi connectivity index (χ4v) is 3.40. The van der Waals surface area contributed by atoms with Gasteiger partial charge in [-0.25, -0.2) is 0 Å². The van der Waals surface area contributed by atoms with Crippen molar-refractivity contribution in [1.29, 1.82) is 0 Å². The second-order valence-corrected chi connectivity index (χ2v) is 6.60. The van der Waals surface area contributed by atoms with Crippen LogP contribution in [-0.2, 0) is 4.79 Å². The fraction of sp³-hybridized carbons (Fsp3) is 0.333. The zero-order valence-corrected chi connectivity index (χ0v) is 15.8. The van der Waals surface area contributed by atoms with Crippen LogP contribution in [0.15, 0.2) is 42.7 Å². The van der Waals surface area contributed by atoms with Gasteiger partial charge in [0, 0.05) is 50.3 Å². The number of benzene rings is 1. The van der Waals surface area contributed by atoms with E-state index in [1.165, 1.54) is 0 Å². The van der Waals surface area contributed by atoms with Gasteiger partial charge in [0.15, 0.2) is 11.5 Å². The van der Waals surface area contributed by atoms with Crippen molar-refractivity contribution in [3.63, 3.8) is 0 Å². The minimum atomic E-state index is 0.00299. The van der Waals surface area contributed by atoms with Gasteiger partial charge in [0.2, 0.25) is 11.7 Å². The first-order chi connectivity index (χ1) is 13.7. The normalized spacial score (nSPS) is 16.3.